The number of aliphatic carboxylic acids is 1. The van der Waals surface area contributed by atoms with E-state index in [0.717, 1.165) is 18.4 Å². The Kier molecular flexibility index (Phi) is 8.27. The molecule has 2 heterocycles. The molecule has 3 aromatic rings. The SMILES string of the molecule is Cc1nc(-c2nnn(C)c2COC(=O)N(C)Cc2ccc(Cl)cc2)ccc1O[C@H]1CCC[C@H](C(=O)O)C1. The molecular weight excluding hydrogens is 498 g/mol. The minimum absolute atomic E-state index is 0.0275. The molecule has 0 aliphatic heterocycles. The summed E-state index contributed by atoms with van der Waals surface area (Å²) in [5.41, 5.74) is 3.27. The van der Waals surface area contributed by atoms with Gasteiger partial charge in [-0.25, -0.2) is 14.5 Å². The molecule has 0 radical (unpaired) electrons. The van der Waals surface area contributed by atoms with Crippen molar-refractivity contribution in [2.45, 2.75) is 51.9 Å². The molecule has 1 fully saturated rings. The highest BCUT2D eigenvalue weighted by molar-refractivity contribution is 6.30. The minimum atomic E-state index is -0.773. The van der Waals surface area contributed by atoms with Gasteiger partial charge in [-0.3, -0.25) is 4.79 Å². The molecule has 11 heteroatoms. The van der Waals surface area contributed by atoms with Crippen LogP contribution in [0, 0.1) is 12.8 Å². The zero-order chi connectivity index (χ0) is 26.5. The maximum atomic E-state index is 12.6. The first-order valence-corrected chi connectivity index (χ1v) is 12.5. The Morgan fingerprint density at radius 3 is 2.65 bits per heavy atom. The van der Waals surface area contributed by atoms with Crippen molar-refractivity contribution in [3.63, 3.8) is 0 Å². The van der Waals surface area contributed by atoms with Crippen LogP contribution in [0.4, 0.5) is 4.79 Å². The largest absolute Gasteiger partial charge is 0.489 e. The Morgan fingerprint density at radius 2 is 1.95 bits per heavy atom. The van der Waals surface area contributed by atoms with Crippen LogP contribution >= 0.6 is 11.6 Å². The maximum absolute atomic E-state index is 12.6. The zero-order valence-corrected chi connectivity index (χ0v) is 21.8. The quantitative estimate of drug-likeness (QED) is 0.450. The van der Waals surface area contributed by atoms with Gasteiger partial charge in [0.05, 0.1) is 23.4 Å². The van der Waals surface area contributed by atoms with Crippen LogP contribution < -0.4 is 4.74 Å². The summed E-state index contributed by atoms with van der Waals surface area (Å²) in [6.07, 6.45) is 2.17. The number of amides is 1. The lowest BCUT2D eigenvalue weighted by atomic mass is 9.87. The molecule has 2 aromatic heterocycles. The standard InChI is InChI=1S/C26H30ClN5O5/c1-16-23(37-20-6-4-5-18(13-20)25(33)34)12-11-21(28-16)24-22(32(3)30-29-24)15-36-26(35)31(2)14-17-7-9-19(27)10-8-17/h7-12,18,20H,4-6,13-15H2,1-3H3,(H,33,34)/t18-,20-/m0/s1. The lowest BCUT2D eigenvalue weighted by molar-refractivity contribution is -0.143. The van der Waals surface area contributed by atoms with E-state index >= 15 is 0 Å². The molecule has 0 saturated heterocycles. The molecule has 0 bridgehead atoms. The van der Waals surface area contributed by atoms with Gasteiger partial charge in [-0.05, 0) is 62.4 Å². The van der Waals surface area contributed by atoms with Crippen molar-refractivity contribution in [1.82, 2.24) is 24.9 Å². The van der Waals surface area contributed by atoms with Crippen molar-refractivity contribution in [3.8, 4) is 17.1 Å². The first kappa shape index (κ1) is 26.4. The molecule has 10 nitrogen and oxygen atoms in total. The van der Waals surface area contributed by atoms with Gasteiger partial charge in [-0.15, -0.1) is 5.10 Å². The van der Waals surface area contributed by atoms with Gasteiger partial charge in [0.25, 0.3) is 0 Å². The lowest BCUT2D eigenvalue weighted by Crippen LogP contribution is -2.29. The molecule has 1 N–H and O–H groups in total. The Bertz CT molecular complexity index is 1260. The molecule has 1 saturated carbocycles. The minimum Gasteiger partial charge on any atom is -0.489 e. The fourth-order valence-corrected chi connectivity index (χ4v) is 4.49. The average Bonchev–Trinajstić information content (AvgIpc) is 3.25. The van der Waals surface area contributed by atoms with Crippen LogP contribution in [-0.2, 0) is 29.7 Å². The number of aromatic nitrogens is 4. The average molecular weight is 528 g/mol. The highest BCUT2D eigenvalue weighted by Crippen LogP contribution is 2.30. The summed E-state index contributed by atoms with van der Waals surface area (Å²) >= 11 is 5.92. The Balaban J connectivity index is 1.40. The van der Waals surface area contributed by atoms with E-state index in [1.807, 2.05) is 25.1 Å². The second-order valence-electron chi connectivity index (χ2n) is 9.27. The van der Waals surface area contributed by atoms with Crippen LogP contribution in [0.2, 0.25) is 5.02 Å². The molecule has 37 heavy (non-hydrogen) atoms. The second kappa shape index (κ2) is 11.6. The van der Waals surface area contributed by atoms with Gasteiger partial charge in [0.15, 0.2) is 0 Å². The number of nitrogens with zero attached hydrogens (tertiary/aromatic N) is 5. The molecule has 2 atom stereocenters. The topological polar surface area (TPSA) is 120 Å². The third-order valence-corrected chi connectivity index (χ3v) is 6.72. The van der Waals surface area contributed by atoms with Crippen molar-refractivity contribution in [2.75, 3.05) is 7.05 Å². The van der Waals surface area contributed by atoms with Crippen LogP contribution in [0.5, 0.6) is 5.75 Å². The number of carbonyl (C=O) groups excluding carboxylic acids is 1. The summed E-state index contributed by atoms with van der Waals surface area (Å²) in [5.74, 6) is -0.535. The van der Waals surface area contributed by atoms with Gasteiger partial charge < -0.3 is 19.5 Å². The number of carboxylic acids is 1. The van der Waals surface area contributed by atoms with E-state index in [2.05, 4.69) is 15.3 Å². The Labute approximate surface area is 220 Å². The van der Waals surface area contributed by atoms with Crippen LogP contribution in [0.3, 0.4) is 0 Å². The monoisotopic (exact) mass is 527 g/mol. The third-order valence-electron chi connectivity index (χ3n) is 6.47. The van der Waals surface area contributed by atoms with Crippen LogP contribution in [0.1, 0.15) is 42.6 Å². The molecule has 0 unspecified atom stereocenters. The van der Waals surface area contributed by atoms with E-state index in [-0.39, 0.29) is 18.6 Å². The van der Waals surface area contributed by atoms with Crippen molar-refractivity contribution in [3.05, 3.63) is 58.4 Å². The number of ether oxygens (including phenoxy) is 2. The van der Waals surface area contributed by atoms with Crippen molar-refractivity contribution < 1.29 is 24.2 Å². The first-order chi connectivity index (χ1) is 17.7. The summed E-state index contributed by atoms with van der Waals surface area (Å²) < 4.78 is 13.2. The molecule has 4 rings (SSSR count). The number of rotatable bonds is 8. The van der Waals surface area contributed by atoms with E-state index in [1.54, 1.807) is 37.0 Å². The highest BCUT2D eigenvalue weighted by Gasteiger charge is 2.28. The summed E-state index contributed by atoms with van der Waals surface area (Å²) in [5, 5.41) is 18.3. The molecular formula is C26H30ClN5O5. The number of hydrogen-bond donors (Lipinski definition) is 1. The van der Waals surface area contributed by atoms with Gasteiger partial charge in [0.2, 0.25) is 0 Å². The molecule has 1 aliphatic rings. The van der Waals surface area contributed by atoms with E-state index in [1.165, 1.54) is 4.90 Å². The number of benzene rings is 1. The molecule has 0 spiro atoms. The lowest BCUT2D eigenvalue weighted by Gasteiger charge is -2.27. The summed E-state index contributed by atoms with van der Waals surface area (Å²) in [7, 11) is 3.39. The predicted octanol–water partition coefficient (Wildman–Crippen LogP) is 4.63. The van der Waals surface area contributed by atoms with Crippen LogP contribution in [-0.4, -0.2) is 55.2 Å². The normalized spacial score (nSPS) is 17.3. The number of hydrogen-bond acceptors (Lipinski definition) is 7. The van der Waals surface area contributed by atoms with Gasteiger partial charge in [-0.2, -0.15) is 0 Å². The second-order valence-corrected chi connectivity index (χ2v) is 9.70. The van der Waals surface area contributed by atoms with Crippen molar-refractivity contribution >= 4 is 23.7 Å². The molecule has 1 amide bonds. The number of pyridine rings is 1. The van der Waals surface area contributed by atoms with Gasteiger partial charge >= 0.3 is 12.1 Å². The van der Waals surface area contributed by atoms with E-state index in [4.69, 9.17) is 21.1 Å². The third kappa shape index (κ3) is 6.56. The Hall–Kier alpha value is -3.66. The fraction of sp³-hybridized carbons (Fsp3) is 0.423. The van der Waals surface area contributed by atoms with E-state index < -0.39 is 12.1 Å². The van der Waals surface area contributed by atoms with E-state index in [0.29, 0.717) is 52.9 Å². The molecule has 196 valence electrons. The summed E-state index contributed by atoms with van der Waals surface area (Å²) in [6.45, 7) is 2.18. The molecule has 1 aromatic carbocycles. The van der Waals surface area contributed by atoms with Gasteiger partial charge in [0, 0.05) is 25.7 Å². The van der Waals surface area contributed by atoms with Crippen LogP contribution in [0.25, 0.3) is 11.4 Å². The maximum Gasteiger partial charge on any atom is 0.410 e. The predicted molar refractivity (Wildman–Crippen MR) is 136 cm³/mol. The number of carbonyl (C=O) groups is 2. The van der Waals surface area contributed by atoms with Crippen LogP contribution in [0.15, 0.2) is 36.4 Å². The van der Waals surface area contributed by atoms with Gasteiger partial charge in [-0.1, -0.05) is 28.9 Å². The first-order valence-electron chi connectivity index (χ1n) is 12.1. The highest BCUT2D eigenvalue weighted by atomic mass is 35.5. The smallest absolute Gasteiger partial charge is 0.410 e. The number of aryl methyl sites for hydroxylation is 2. The Morgan fingerprint density at radius 1 is 1.19 bits per heavy atom. The summed E-state index contributed by atoms with van der Waals surface area (Å²) in [6, 6.07) is 10.9. The van der Waals surface area contributed by atoms with Crippen molar-refractivity contribution in [1.29, 1.82) is 0 Å². The zero-order valence-electron chi connectivity index (χ0n) is 21.1. The fourth-order valence-electron chi connectivity index (χ4n) is 4.37. The number of carboxylic acid groups (broad SMARTS) is 1. The van der Waals surface area contributed by atoms with Crippen molar-refractivity contribution in [2.24, 2.45) is 13.0 Å². The summed E-state index contributed by atoms with van der Waals surface area (Å²) in [4.78, 5) is 30.1. The molecule has 1 aliphatic carbocycles. The van der Waals surface area contributed by atoms with E-state index in [9.17, 15) is 14.7 Å². The van der Waals surface area contributed by atoms with Gasteiger partial charge in [0.1, 0.15) is 23.7 Å². The number of halogens is 1.